The van der Waals surface area contributed by atoms with Gasteiger partial charge in [-0.05, 0) is 13.8 Å². The highest BCUT2D eigenvalue weighted by atomic mass is 16.8. The van der Waals surface area contributed by atoms with Gasteiger partial charge in [-0.2, -0.15) is 0 Å². The minimum atomic E-state index is -0.790. The fourth-order valence-corrected chi connectivity index (χ4v) is 2.64. The van der Waals surface area contributed by atoms with Crippen LogP contribution in [0.3, 0.4) is 0 Å². The number of hydrogen-bond acceptors (Lipinski definition) is 7. The molecule has 7 nitrogen and oxygen atoms in total. The van der Waals surface area contributed by atoms with Gasteiger partial charge in [0.2, 0.25) is 6.29 Å². The maximum atomic E-state index is 11.1. The minimum absolute atomic E-state index is 0.373. The Morgan fingerprint density at radius 1 is 1.11 bits per heavy atom. The molecule has 0 saturated carbocycles. The summed E-state index contributed by atoms with van der Waals surface area (Å²) in [4.78, 5) is 11.1. The minimum Gasteiger partial charge on any atom is -0.433 e. The summed E-state index contributed by atoms with van der Waals surface area (Å²) in [6.45, 7) is 5.98. The monoisotopic (exact) mass is 274 g/mol. The van der Waals surface area contributed by atoms with Gasteiger partial charge >= 0.3 is 5.97 Å². The van der Waals surface area contributed by atoms with Gasteiger partial charge in [0.05, 0.1) is 13.2 Å². The fourth-order valence-electron chi connectivity index (χ4n) is 2.64. The van der Waals surface area contributed by atoms with E-state index < -0.39 is 36.5 Å². The van der Waals surface area contributed by atoms with Gasteiger partial charge in [-0.1, -0.05) is 0 Å². The fraction of sp³-hybridized carbons (Fsp3) is 0.917. The third-order valence-corrected chi connectivity index (χ3v) is 3.24. The molecule has 108 valence electrons. The second-order valence-corrected chi connectivity index (χ2v) is 5.25. The Balaban J connectivity index is 1.77. The maximum absolute atomic E-state index is 11.1. The van der Waals surface area contributed by atoms with E-state index in [4.69, 9.17) is 28.4 Å². The molecule has 0 radical (unpaired) electrons. The van der Waals surface area contributed by atoms with Crippen LogP contribution in [0, 0.1) is 0 Å². The average molecular weight is 274 g/mol. The first-order chi connectivity index (χ1) is 8.96. The van der Waals surface area contributed by atoms with Crippen LogP contribution in [0.15, 0.2) is 0 Å². The van der Waals surface area contributed by atoms with Crippen LogP contribution in [0.2, 0.25) is 0 Å². The van der Waals surface area contributed by atoms with Crippen LogP contribution in [0.5, 0.6) is 0 Å². The Labute approximate surface area is 111 Å². The number of ether oxygens (including phenoxy) is 6. The Kier molecular flexibility index (Phi) is 3.26. The molecule has 4 atom stereocenters. The van der Waals surface area contributed by atoms with Crippen molar-refractivity contribution in [2.45, 2.75) is 57.5 Å². The van der Waals surface area contributed by atoms with Crippen molar-refractivity contribution in [1.29, 1.82) is 0 Å². The molecule has 19 heavy (non-hydrogen) atoms. The van der Waals surface area contributed by atoms with Crippen LogP contribution in [-0.4, -0.2) is 55.9 Å². The molecular formula is C12H18O7. The Bertz CT molecular complexity index is 363. The molecule has 3 saturated heterocycles. The summed E-state index contributed by atoms with van der Waals surface area (Å²) in [6, 6.07) is 0. The Hall–Kier alpha value is -0.730. The van der Waals surface area contributed by atoms with Gasteiger partial charge in [0.15, 0.2) is 18.2 Å². The molecule has 3 heterocycles. The van der Waals surface area contributed by atoms with Gasteiger partial charge in [-0.3, -0.25) is 4.79 Å². The van der Waals surface area contributed by atoms with Crippen molar-refractivity contribution >= 4 is 5.97 Å². The molecule has 0 aromatic rings. The molecule has 3 aliphatic rings. The highest BCUT2D eigenvalue weighted by molar-refractivity contribution is 5.66. The molecule has 0 amide bonds. The van der Waals surface area contributed by atoms with E-state index in [1.54, 1.807) is 0 Å². The van der Waals surface area contributed by atoms with Gasteiger partial charge in [-0.25, -0.2) is 0 Å². The predicted octanol–water partition coefficient (Wildman–Crippen LogP) is 0.167. The zero-order valence-corrected chi connectivity index (χ0v) is 11.2. The zero-order valence-electron chi connectivity index (χ0n) is 11.2. The van der Waals surface area contributed by atoms with Crippen molar-refractivity contribution in [3.05, 3.63) is 0 Å². The van der Waals surface area contributed by atoms with Gasteiger partial charge in [-0.15, -0.1) is 0 Å². The topological polar surface area (TPSA) is 72.5 Å². The van der Waals surface area contributed by atoms with E-state index in [1.165, 1.54) is 6.92 Å². The van der Waals surface area contributed by atoms with Crippen LogP contribution >= 0.6 is 0 Å². The number of carbonyl (C=O) groups is 1. The molecule has 0 N–H and O–H groups in total. The lowest BCUT2D eigenvalue weighted by molar-refractivity contribution is -0.255. The van der Waals surface area contributed by atoms with Crippen LogP contribution in [0.4, 0.5) is 0 Å². The van der Waals surface area contributed by atoms with E-state index in [-0.39, 0.29) is 6.10 Å². The van der Waals surface area contributed by atoms with E-state index in [1.807, 2.05) is 13.8 Å². The quantitative estimate of drug-likeness (QED) is 0.664. The second-order valence-electron chi connectivity index (χ2n) is 5.25. The Morgan fingerprint density at radius 3 is 2.37 bits per heavy atom. The molecule has 7 heteroatoms. The number of carbonyl (C=O) groups excluding carboxylic acids is 1. The summed E-state index contributed by atoms with van der Waals surface area (Å²) >= 11 is 0. The largest absolute Gasteiger partial charge is 0.433 e. The highest BCUT2D eigenvalue weighted by Crippen LogP contribution is 2.41. The first-order valence-electron chi connectivity index (χ1n) is 6.38. The summed E-state index contributed by atoms with van der Waals surface area (Å²) in [5, 5.41) is 0. The molecule has 1 unspecified atom stereocenters. The van der Waals surface area contributed by atoms with Crippen molar-refractivity contribution in [2.75, 3.05) is 13.2 Å². The van der Waals surface area contributed by atoms with Crippen molar-refractivity contribution in [3.8, 4) is 0 Å². The van der Waals surface area contributed by atoms with E-state index in [2.05, 4.69) is 0 Å². The van der Waals surface area contributed by atoms with Gasteiger partial charge < -0.3 is 28.4 Å². The van der Waals surface area contributed by atoms with Crippen molar-refractivity contribution in [1.82, 2.24) is 0 Å². The van der Waals surface area contributed by atoms with Gasteiger partial charge in [0.1, 0.15) is 12.2 Å². The van der Waals surface area contributed by atoms with E-state index in [0.29, 0.717) is 13.2 Å². The lowest BCUT2D eigenvalue weighted by Gasteiger charge is -2.25. The molecular weight excluding hydrogens is 256 g/mol. The van der Waals surface area contributed by atoms with Crippen LogP contribution in [0.1, 0.15) is 20.8 Å². The predicted molar refractivity (Wildman–Crippen MR) is 59.9 cm³/mol. The lowest BCUT2D eigenvalue weighted by atomic mass is 10.1. The van der Waals surface area contributed by atoms with Crippen molar-refractivity contribution < 1.29 is 33.2 Å². The van der Waals surface area contributed by atoms with Gasteiger partial charge in [0.25, 0.3) is 0 Å². The second kappa shape index (κ2) is 4.68. The van der Waals surface area contributed by atoms with Crippen LogP contribution in [0.25, 0.3) is 0 Å². The summed E-state index contributed by atoms with van der Waals surface area (Å²) in [6.07, 6.45) is -2.59. The van der Waals surface area contributed by atoms with Crippen LogP contribution < -0.4 is 0 Å². The maximum Gasteiger partial charge on any atom is 0.305 e. The summed E-state index contributed by atoms with van der Waals surface area (Å²) in [5.74, 6) is -1.17. The number of rotatable bonds is 2. The molecule has 0 spiro atoms. The van der Waals surface area contributed by atoms with Crippen molar-refractivity contribution in [2.24, 2.45) is 0 Å². The molecule has 0 aromatic heterocycles. The van der Waals surface area contributed by atoms with E-state index in [9.17, 15) is 4.79 Å². The Morgan fingerprint density at radius 2 is 1.74 bits per heavy atom. The molecule has 0 bridgehead atoms. The zero-order chi connectivity index (χ0) is 13.6. The normalized spacial score (nSPS) is 41.4. The lowest BCUT2D eigenvalue weighted by Crippen LogP contribution is -2.39. The average Bonchev–Trinajstić information content (AvgIpc) is 2.95. The highest BCUT2D eigenvalue weighted by Gasteiger charge is 2.59. The smallest absolute Gasteiger partial charge is 0.305 e. The molecule has 3 aliphatic heterocycles. The summed E-state index contributed by atoms with van der Waals surface area (Å²) in [7, 11) is 0. The van der Waals surface area contributed by atoms with E-state index in [0.717, 1.165) is 0 Å². The number of fused-ring (bicyclic) bond motifs is 1. The van der Waals surface area contributed by atoms with Crippen molar-refractivity contribution in [3.63, 3.8) is 0 Å². The molecule has 0 aliphatic carbocycles. The summed E-state index contributed by atoms with van der Waals surface area (Å²) < 4.78 is 33.2. The van der Waals surface area contributed by atoms with Gasteiger partial charge in [0, 0.05) is 6.92 Å². The SMILES string of the molecule is CC(=O)OC1O[C@H](C2OCCO2)[C@@H]2OC(C)(C)O[C@H]12. The third-order valence-electron chi connectivity index (χ3n) is 3.24. The number of esters is 1. The first-order valence-corrected chi connectivity index (χ1v) is 6.38. The standard InChI is InChI=1S/C12H18O7/c1-6(13)16-11-9-7(18-12(2,3)19-9)8(17-11)10-14-4-5-15-10/h7-11H,4-5H2,1-3H3/t7-,8-,9-,11?/m0/s1. The first kappa shape index (κ1) is 13.3. The summed E-state index contributed by atoms with van der Waals surface area (Å²) in [5.41, 5.74) is 0. The molecule has 3 rings (SSSR count). The molecule has 3 fully saturated rings. The van der Waals surface area contributed by atoms with Crippen LogP contribution in [-0.2, 0) is 33.2 Å². The third kappa shape index (κ3) is 2.48. The van der Waals surface area contributed by atoms with E-state index >= 15 is 0 Å². The molecule has 0 aromatic carbocycles. The number of hydrogen-bond donors (Lipinski definition) is 0.